The predicted molar refractivity (Wildman–Crippen MR) is 107 cm³/mol. The van der Waals surface area contributed by atoms with Gasteiger partial charge >= 0.3 is 0 Å². The smallest absolute Gasteiger partial charge is 0.254 e. The molecule has 0 atom stereocenters. The Kier molecular flexibility index (Phi) is 5.40. The van der Waals surface area contributed by atoms with Crippen molar-refractivity contribution >= 4 is 23.3 Å². The Morgan fingerprint density at radius 2 is 1.66 bits per heavy atom. The minimum Gasteiger partial charge on any atom is -0.352 e. The molecule has 2 aromatic carbocycles. The Balaban J connectivity index is 1.41. The van der Waals surface area contributed by atoms with E-state index in [1.165, 1.54) is 6.07 Å². The van der Waals surface area contributed by atoms with Crippen molar-refractivity contribution in [3.63, 3.8) is 0 Å². The highest BCUT2D eigenvalue weighted by atomic mass is 35.5. The second-order valence-corrected chi connectivity index (χ2v) is 7.07. The van der Waals surface area contributed by atoms with Gasteiger partial charge < -0.3 is 9.80 Å². The van der Waals surface area contributed by atoms with Crippen LogP contribution in [0.2, 0.25) is 5.02 Å². The first-order valence-corrected chi connectivity index (χ1v) is 9.48. The molecule has 0 unspecified atom stereocenters. The van der Waals surface area contributed by atoms with Crippen LogP contribution in [-0.4, -0.2) is 47.2 Å². The molecule has 0 aliphatic carbocycles. The maximum Gasteiger partial charge on any atom is 0.254 e. The quantitative estimate of drug-likeness (QED) is 0.649. The number of amides is 1. The van der Waals surface area contributed by atoms with Crippen molar-refractivity contribution < 1.29 is 13.6 Å². The van der Waals surface area contributed by atoms with Gasteiger partial charge in [0.25, 0.3) is 5.91 Å². The van der Waals surface area contributed by atoms with E-state index in [4.69, 9.17) is 11.6 Å². The van der Waals surface area contributed by atoms with Gasteiger partial charge in [0.15, 0.2) is 17.5 Å². The number of hydrogen-bond acceptors (Lipinski definition) is 4. The van der Waals surface area contributed by atoms with Gasteiger partial charge in [-0.2, -0.15) is 0 Å². The number of anilines is 1. The SMILES string of the molecule is O=C(c1ccc(F)c(F)c1)N1CCN(c2ccc(-c3ccccc3Cl)nn2)CC1. The zero-order valence-electron chi connectivity index (χ0n) is 15.4. The summed E-state index contributed by atoms with van der Waals surface area (Å²) < 4.78 is 26.5. The first kappa shape index (κ1) is 19.3. The summed E-state index contributed by atoms with van der Waals surface area (Å²) in [5.41, 5.74) is 1.64. The summed E-state index contributed by atoms with van der Waals surface area (Å²) in [6.07, 6.45) is 0. The van der Waals surface area contributed by atoms with Crippen molar-refractivity contribution in [2.75, 3.05) is 31.1 Å². The van der Waals surface area contributed by atoms with E-state index in [1.54, 1.807) is 11.0 Å². The molecule has 1 aliphatic rings. The lowest BCUT2D eigenvalue weighted by atomic mass is 10.1. The molecule has 8 heteroatoms. The maximum atomic E-state index is 13.4. The summed E-state index contributed by atoms with van der Waals surface area (Å²) in [4.78, 5) is 16.2. The average molecular weight is 415 g/mol. The fraction of sp³-hybridized carbons (Fsp3) is 0.190. The maximum absolute atomic E-state index is 13.4. The molecule has 1 aliphatic heterocycles. The highest BCUT2D eigenvalue weighted by Crippen LogP contribution is 2.26. The zero-order valence-corrected chi connectivity index (χ0v) is 16.1. The van der Waals surface area contributed by atoms with Crippen molar-refractivity contribution in [2.24, 2.45) is 0 Å². The molecule has 1 saturated heterocycles. The van der Waals surface area contributed by atoms with Gasteiger partial charge in [-0.05, 0) is 36.4 Å². The molecule has 0 radical (unpaired) electrons. The molecule has 29 heavy (non-hydrogen) atoms. The molecule has 2 heterocycles. The van der Waals surface area contributed by atoms with E-state index in [0.717, 1.165) is 17.7 Å². The third-order valence-electron chi connectivity index (χ3n) is 4.86. The van der Waals surface area contributed by atoms with Crippen LogP contribution in [0, 0.1) is 11.6 Å². The monoisotopic (exact) mass is 414 g/mol. The number of carbonyl (C=O) groups excluding carboxylic acids is 1. The zero-order chi connectivity index (χ0) is 20.4. The first-order valence-electron chi connectivity index (χ1n) is 9.11. The average Bonchev–Trinajstić information content (AvgIpc) is 2.76. The normalized spacial score (nSPS) is 14.2. The Morgan fingerprint density at radius 3 is 2.31 bits per heavy atom. The van der Waals surface area contributed by atoms with Gasteiger partial charge in [-0.3, -0.25) is 4.79 Å². The lowest BCUT2D eigenvalue weighted by Crippen LogP contribution is -2.49. The van der Waals surface area contributed by atoms with E-state index in [0.29, 0.717) is 42.7 Å². The fourth-order valence-electron chi connectivity index (χ4n) is 3.26. The highest BCUT2D eigenvalue weighted by Gasteiger charge is 2.24. The molecule has 148 valence electrons. The van der Waals surface area contributed by atoms with Crippen LogP contribution in [0.25, 0.3) is 11.3 Å². The number of nitrogens with zero attached hydrogens (tertiary/aromatic N) is 4. The van der Waals surface area contributed by atoms with Gasteiger partial charge in [-0.15, -0.1) is 10.2 Å². The standard InChI is InChI=1S/C21H17ClF2N4O/c22-16-4-2-1-3-15(16)19-7-8-20(26-25-19)27-9-11-28(12-10-27)21(29)14-5-6-17(23)18(24)13-14/h1-8,13H,9-12H2. The molecule has 4 rings (SSSR count). The highest BCUT2D eigenvalue weighted by molar-refractivity contribution is 6.33. The van der Waals surface area contributed by atoms with Gasteiger partial charge in [-0.25, -0.2) is 8.78 Å². The second kappa shape index (κ2) is 8.13. The number of hydrogen-bond donors (Lipinski definition) is 0. The van der Waals surface area contributed by atoms with E-state index >= 15 is 0 Å². The number of halogens is 3. The summed E-state index contributed by atoms with van der Waals surface area (Å²) in [5, 5.41) is 9.17. The van der Waals surface area contributed by atoms with Crippen molar-refractivity contribution in [3.05, 3.63) is 76.8 Å². The fourth-order valence-corrected chi connectivity index (χ4v) is 3.49. The van der Waals surface area contributed by atoms with Crippen LogP contribution < -0.4 is 4.90 Å². The molecular formula is C21H17ClF2N4O. The largest absolute Gasteiger partial charge is 0.352 e. The summed E-state index contributed by atoms with van der Waals surface area (Å²) in [6.45, 7) is 2.03. The Bertz CT molecular complexity index is 1040. The Labute approximate surface area is 171 Å². The minimum absolute atomic E-state index is 0.140. The van der Waals surface area contributed by atoms with Crippen molar-refractivity contribution in [1.29, 1.82) is 0 Å². The molecule has 5 nitrogen and oxygen atoms in total. The third-order valence-corrected chi connectivity index (χ3v) is 5.19. The van der Waals surface area contributed by atoms with Crippen molar-refractivity contribution in [1.82, 2.24) is 15.1 Å². The third kappa shape index (κ3) is 4.05. The number of benzene rings is 2. The molecule has 1 aromatic heterocycles. The topological polar surface area (TPSA) is 49.3 Å². The van der Waals surface area contributed by atoms with Crippen molar-refractivity contribution in [2.45, 2.75) is 0 Å². The van der Waals surface area contributed by atoms with E-state index < -0.39 is 11.6 Å². The van der Waals surface area contributed by atoms with Crippen LogP contribution in [0.4, 0.5) is 14.6 Å². The molecule has 1 amide bonds. The summed E-state index contributed by atoms with van der Waals surface area (Å²) in [6, 6.07) is 14.4. The van der Waals surface area contributed by atoms with Crippen LogP contribution in [0.15, 0.2) is 54.6 Å². The summed E-state index contributed by atoms with van der Waals surface area (Å²) >= 11 is 6.20. The number of piperazine rings is 1. The minimum atomic E-state index is -1.02. The first-order chi connectivity index (χ1) is 14.0. The number of aromatic nitrogens is 2. The summed E-state index contributed by atoms with van der Waals surface area (Å²) in [7, 11) is 0. The molecule has 1 fully saturated rings. The Morgan fingerprint density at radius 1 is 0.897 bits per heavy atom. The lowest BCUT2D eigenvalue weighted by Gasteiger charge is -2.35. The Hall–Kier alpha value is -3.06. The molecule has 0 bridgehead atoms. The molecule has 0 spiro atoms. The van der Waals surface area contributed by atoms with Crippen LogP contribution in [0.1, 0.15) is 10.4 Å². The van der Waals surface area contributed by atoms with Crippen LogP contribution in [0.5, 0.6) is 0 Å². The molecular weight excluding hydrogens is 398 g/mol. The van der Waals surface area contributed by atoms with Crippen molar-refractivity contribution in [3.8, 4) is 11.3 Å². The van der Waals surface area contributed by atoms with Crippen LogP contribution in [0.3, 0.4) is 0 Å². The number of rotatable bonds is 3. The molecule has 0 N–H and O–H groups in total. The molecule has 0 saturated carbocycles. The number of carbonyl (C=O) groups is 1. The summed E-state index contributed by atoms with van der Waals surface area (Å²) in [5.74, 6) is -1.60. The van der Waals surface area contributed by atoms with Crippen LogP contribution in [-0.2, 0) is 0 Å². The van der Waals surface area contributed by atoms with Gasteiger partial charge in [0.2, 0.25) is 0 Å². The van der Waals surface area contributed by atoms with Gasteiger partial charge in [0, 0.05) is 37.3 Å². The second-order valence-electron chi connectivity index (χ2n) is 6.66. The molecule has 3 aromatic rings. The van der Waals surface area contributed by atoms with E-state index in [2.05, 4.69) is 10.2 Å². The van der Waals surface area contributed by atoms with Gasteiger partial charge in [-0.1, -0.05) is 29.8 Å². The van der Waals surface area contributed by atoms with E-state index in [1.807, 2.05) is 35.2 Å². The van der Waals surface area contributed by atoms with Gasteiger partial charge in [0.1, 0.15) is 0 Å². The van der Waals surface area contributed by atoms with Crippen LogP contribution >= 0.6 is 11.6 Å². The van der Waals surface area contributed by atoms with E-state index in [-0.39, 0.29) is 11.5 Å². The van der Waals surface area contributed by atoms with E-state index in [9.17, 15) is 13.6 Å². The lowest BCUT2D eigenvalue weighted by molar-refractivity contribution is 0.0746. The van der Waals surface area contributed by atoms with Gasteiger partial charge in [0.05, 0.1) is 10.7 Å². The predicted octanol–water partition coefficient (Wildman–Crippen LogP) is 4.04.